The molecule has 0 spiro atoms. The number of hydrogen-bond acceptors (Lipinski definition) is 2. The van der Waals surface area contributed by atoms with E-state index < -0.39 is 0 Å². The molecule has 1 aromatic carbocycles. The molecule has 2 nitrogen and oxygen atoms in total. The highest BCUT2D eigenvalue weighted by Gasteiger charge is 2.24. The standard InChI is InChI=1S/C16H25NO/c1-17-12-14-6-4-3-5-7-16(14)13-8-10-15(18-2)11-9-13/h8-11,14,16-17H,3-7,12H2,1-2H3. The third-order valence-electron chi connectivity index (χ3n) is 4.17. The van der Waals surface area contributed by atoms with Gasteiger partial charge in [0.05, 0.1) is 7.11 Å². The monoisotopic (exact) mass is 247 g/mol. The minimum atomic E-state index is 0.714. The van der Waals surface area contributed by atoms with Gasteiger partial charge in [0, 0.05) is 0 Å². The fourth-order valence-electron chi connectivity index (χ4n) is 3.18. The van der Waals surface area contributed by atoms with Gasteiger partial charge in [-0.1, -0.05) is 31.4 Å². The summed E-state index contributed by atoms with van der Waals surface area (Å²) in [6, 6.07) is 8.68. The summed E-state index contributed by atoms with van der Waals surface area (Å²) in [6.45, 7) is 1.14. The molecule has 1 saturated carbocycles. The lowest BCUT2D eigenvalue weighted by atomic mass is 9.82. The second kappa shape index (κ2) is 6.79. The predicted molar refractivity (Wildman–Crippen MR) is 76.2 cm³/mol. The van der Waals surface area contributed by atoms with Gasteiger partial charge in [0.1, 0.15) is 5.75 Å². The minimum absolute atomic E-state index is 0.714. The molecule has 100 valence electrons. The minimum Gasteiger partial charge on any atom is -0.497 e. The number of rotatable bonds is 4. The molecular weight excluding hydrogens is 222 g/mol. The molecule has 1 aromatic rings. The molecule has 1 fully saturated rings. The lowest BCUT2D eigenvalue weighted by molar-refractivity contribution is 0.384. The lowest BCUT2D eigenvalue weighted by Gasteiger charge is -2.25. The van der Waals surface area contributed by atoms with Crippen molar-refractivity contribution in [3.63, 3.8) is 0 Å². The van der Waals surface area contributed by atoms with Crippen LogP contribution in [0.15, 0.2) is 24.3 Å². The van der Waals surface area contributed by atoms with Crippen LogP contribution in [-0.2, 0) is 0 Å². The zero-order chi connectivity index (χ0) is 12.8. The summed E-state index contributed by atoms with van der Waals surface area (Å²) >= 11 is 0. The molecule has 18 heavy (non-hydrogen) atoms. The van der Waals surface area contributed by atoms with E-state index in [4.69, 9.17) is 4.74 Å². The quantitative estimate of drug-likeness (QED) is 0.821. The molecule has 0 saturated heterocycles. The Bertz CT molecular complexity index is 347. The van der Waals surface area contributed by atoms with Crippen molar-refractivity contribution in [2.75, 3.05) is 20.7 Å². The van der Waals surface area contributed by atoms with E-state index in [1.807, 2.05) is 0 Å². The van der Waals surface area contributed by atoms with E-state index in [1.165, 1.54) is 37.7 Å². The SMILES string of the molecule is CNCC1CCCCCC1c1ccc(OC)cc1. The van der Waals surface area contributed by atoms with E-state index in [9.17, 15) is 0 Å². The van der Waals surface area contributed by atoms with Crippen molar-refractivity contribution in [2.24, 2.45) is 5.92 Å². The smallest absolute Gasteiger partial charge is 0.118 e. The molecule has 0 aromatic heterocycles. The summed E-state index contributed by atoms with van der Waals surface area (Å²) in [6.07, 6.45) is 6.85. The third kappa shape index (κ3) is 3.26. The van der Waals surface area contributed by atoms with Crippen molar-refractivity contribution in [1.82, 2.24) is 5.32 Å². The largest absolute Gasteiger partial charge is 0.497 e. The second-order valence-electron chi connectivity index (χ2n) is 5.34. The van der Waals surface area contributed by atoms with Crippen LogP contribution in [0.2, 0.25) is 0 Å². The summed E-state index contributed by atoms with van der Waals surface area (Å²) in [4.78, 5) is 0. The van der Waals surface area contributed by atoms with Crippen LogP contribution in [0.3, 0.4) is 0 Å². The number of hydrogen-bond donors (Lipinski definition) is 1. The van der Waals surface area contributed by atoms with Crippen LogP contribution in [0.25, 0.3) is 0 Å². The van der Waals surface area contributed by atoms with E-state index in [0.29, 0.717) is 5.92 Å². The van der Waals surface area contributed by atoms with Gasteiger partial charge in [-0.3, -0.25) is 0 Å². The van der Waals surface area contributed by atoms with Gasteiger partial charge in [-0.15, -0.1) is 0 Å². The highest BCUT2D eigenvalue weighted by Crippen LogP contribution is 2.36. The zero-order valence-electron chi connectivity index (χ0n) is 11.6. The van der Waals surface area contributed by atoms with Crippen molar-refractivity contribution in [1.29, 1.82) is 0 Å². The van der Waals surface area contributed by atoms with Gasteiger partial charge in [0.2, 0.25) is 0 Å². The van der Waals surface area contributed by atoms with Gasteiger partial charge in [-0.25, -0.2) is 0 Å². The average Bonchev–Trinajstić information content (AvgIpc) is 2.65. The maximum absolute atomic E-state index is 5.24. The Kier molecular flexibility index (Phi) is 5.06. The van der Waals surface area contributed by atoms with Crippen LogP contribution in [0, 0.1) is 5.92 Å². The van der Waals surface area contributed by atoms with Crippen LogP contribution in [0.4, 0.5) is 0 Å². The van der Waals surface area contributed by atoms with Crippen LogP contribution in [0.5, 0.6) is 5.75 Å². The Morgan fingerprint density at radius 2 is 1.83 bits per heavy atom. The topological polar surface area (TPSA) is 21.3 Å². The molecule has 0 amide bonds. The molecule has 2 atom stereocenters. The van der Waals surface area contributed by atoms with E-state index in [0.717, 1.165) is 18.2 Å². The molecule has 0 heterocycles. The first kappa shape index (κ1) is 13.4. The number of nitrogens with one attached hydrogen (secondary N) is 1. The highest BCUT2D eigenvalue weighted by atomic mass is 16.5. The molecule has 0 aliphatic heterocycles. The van der Waals surface area contributed by atoms with Crippen molar-refractivity contribution in [3.05, 3.63) is 29.8 Å². The number of ether oxygens (including phenoxy) is 1. The van der Waals surface area contributed by atoms with E-state index >= 15 is 0 Å². The zero-order valence-corrected chi connectivity index (χ0v) is 11.6. The fraction of sp³-hybridized carbons (Fsp3) is 0.625. The van der Waals surface area contributed by atoms with Crippen molar-refractivity contribution < 1.29 is 4.74 Å². The molecule has 1 aliphatic carbocycles. The van der Waals surface area contributed by atoms with Crippen LogP contribution >= 0.6 is 0 Å². The Morgan fingerprint density at radius 3 is 2.50 bits per heavy atom. The van der Waals surface area contributed by atoms with E-state index in [-0.39, 0.29) is 0 Å². The van der Waals surface area contributed by atoms with Crippen molar-refractivity contribution in [2.45, 2.75) is 38.0 Å². The Balaban J connectivity index is 2.14. The van der Waals surface area contributed by atoms with Crippen LogP contribution < -0.4 is 10.1 Å². The third-order valence-corrected chi connectivity index (χ3v) is 4.17. The second-order valence-corrected chi connectivity index (χ2v) is 5.34. The van der Waals surface area contributed by atoms with Crippen LogP contribution in [0.1, 0.15) is 43.6 Å². The first-order valence-electron chi connectivity index (χ1n) is 7.13. The van der Waals surface area contributed by atoms with Gasteiger partial charge in [-0.2, -0.15) is 0 Å². The number of benzene rings is 1. The molecule has 2 unspecified atom stereocenters. The molecule has 0 radical (unpaired) electrons. The van der Waals surface area contributed by atoms with Crippen molar-refractivity contribution in [3.8, 4) is 5.75 Å². The highest BCUT2D eigenvalue weighted by molar-refractivity contribution is 5.30. The lowest BCUT2D eigenvalue weighted by Crippen LogP contribution is -2.24. The van der Waals surface area contributed by atoms with E-state index in [1.54, 1.807) is 7.11 Å². The molecule has 2 rings (SSSR count). The van der Waals surface area contributed by atoms with Gasteiger partial charge < -0.3 is 10.1 Å². The first-order chi connectivity index (χ1) is 8.85. The summed E-state index contributed by atoms with van der Waals surface area (Å²) in [5.41, 5.74) is 1.48. The summed E-state index contributed by atoms with van der Waals surface area (Å²) in [5.74, 6) is 2.45. The van der Waals surface area contributed by atoms with Gasteiger partial charge in [-0.05, 0) is 56.0 Å². The van der Waals surface area contributed by atoms with E-state index in [2.05, 4.69) is 36.6 Å². The molecule has 1 aliphatic rings. The maximum atomic E-state index is 5.24. The molecular formula is C16H25NO. The fourth-order valence-corrected chi connectivity index (χ4v) is 3.18. The van der Waals surface area contributed by atoms with Gasteiger partial charge in [0.15, 0.2) is 0 Å². The van der Waals surface area contributed by atoms with Crippen LogP contribution in [-0.4, -0.2) is 20.7 Å². The average molecular weight is 247 g/mol. The summed E-state index contributed by atoms with van der Waals surface area (Å²) < 4.78 is 5.24. The molecule has 0 bridgehead atoms. The molecule has 1 N–H and O–H groups in total. The maximum Gasteiger partial charge on any atom is 0.118 e. The summed E-state index contributed by atoms with van der Waals surface area (Å²) in [7, 11) is 3.79. The normalized spacial score (nSPS) is 24.6. The summed E-state index contributed by atoms with van der Waals surface area (Å²) in [5, 5.41) is 3.36. The Hall–Kier alpha value is -1.02. The Labute approximate surface area is 111 Å². The predicted octanol–water partition coefficient (Wildman–Crippen LogP) is 3.58. The van der Waals surface area contributed by atoms with Crippen molar-refractivity contribution >= 4 is 0 Å². The molecule has 2 heteroatoms. The Morgan fingerprint density at radius 1 is 1.11 bits per heavy atom. The number of methoxy groups -OCH3 is 1. The van der Waals surface area contributed by atoms with Gasteiger partial charge >= 0.3 is 0 Å². The van der Waals surface area contributed by atoms with Gasteiger partial charge in [0.25, 0.3) is 0 Å². The first-order valence-corrected chi connectivity index (χ1v) is 7.13.